The van der Waals surface area contributed by atoms with Crippen molar-refractivity contribution in [2.45, 2.75) is 59.4 Å². The van der Waals surface area contributed by atoms with Crippen LogP contribution in [0.15, 0.2) is 23.0 Å². The molecule has 0 aliphatic carbocycles. The normalized spacial score (nSPS) is 18.6. The van der Waals surface area contributed by atoms with Crippen LogP contribution in [-0.2, 0) is 21.3 Å². The van der Waals surface area contributed by atoms with E-state index in [1.54, 1.807) is 4.57 Å². The van der Waals surface area contributed by atoms with Crippen LogP contribution in [0.3, 0.4) is 0 Å². The van der Waals surface area contributed by atoms with Crippen molar-refractivity contribution in [3.63, 3.8) is 0 Å². The average Bonchev–Trinajstić information content (AvgIpc) is 2.99. The molecule has 0 saturated carbocycles. The smallest absolute Gasteiger partial charge is 0.346 e. The van der Waals surface area contributed by atoms with E-state index in [0.717, 1.165) is 12.8 Å². The Morgan fingerprint density at radius 1 is 1.32 bits per heavy atom. The van der Waals surface area contributed by atoms with Gasteiger partial charge in [-0.15, -0.1) is 0 Å². The van der Waals surface area contributed by atoms with Crippen molar-refractivity contribution in [3.05, 3.63) is 29.5 Å². The fourth-order valence-electron chi connectivity index (χ4n) is 3.90. The molecule has 1 amide bonds. The van der Waals surface area contributed by atoms with Gasteiger partial charge in [-0.1, -0.05) is 41.0 Å². The Morgan fingerprint density at radius 2 is 2.00 bits per heavy atom. The number of ether oxygens (including phenoxy) is 1. The Labute approximate surface area is 199 Å². The van der Waals surface area contributed by atoms with Gasteiger partial charge in [-0.05, 0) is 30.5 Å². The monoisotopic (exact) mass is 492 g/mol. The molecule has 1 aromatic carbocycles. The van der Waals surface area contributed by atoms with Crippen LogP contribution in [-0.4, -0.2) is 38.0 Å². The molecule has 11 heteroatoms. The topological polar surface area (TPSA) is 159 Å². The zero-order chi connectivity index (χ0) is 25.4. The second kappa shape index (κ2) is 9.35. The van der Waals surface area contributed by atoms with E-state index < -0.39 is 18.8 Å². The Hall–Kier alpha value is -2.97. The molecule has 10 nitrogen and oxygen atoms in total. The maximum Gasteiger partial charge on any atom is 0.346 e. The summed E-state index contributed by atoms with van der Waals surface area (Å²) in [6.07, 6.45) is 1.77. The van der Waals surface area contributed by atoms with Crippen molar-refractivity contribution >= 4 is 30.3 Å². The van der Waals surface area contributed by atoms with Crippen molar-refractivity contribution in [1.82, 2.24) is 4.57 Å². The Bertz CT molecular complexity index is 1180. The number of primary amides is 1. The van der Waals surface area contributed by atoms with Gasteiger partial charge in [-0.25, -0.2) is 0 Å². The van der Waals surface area contributed by atoms with Gasteiger partial charge >= 0.3 is 7.52 Å². The summed E-state index contributed by atoms with van der Waals surface area (Å²) < 4.78 is 23.9. The van der Waals surface area contributed by atoms with Crippen LogP contribution in [0.5, 0.6) is 17.4 Å². The number of aromatic hydroxyl groups is 2. The quantitative estimate of drug-likeness (QED) is 0.354. The molecule has 6 N–H and O–H groups in total. The van der Waals surface area contributed by atoms with Gasteiger partial charge in [-0.2, -0.15) is 4.76 Å². The summed E-state index contributed by atoms with van der Waals surface area (Å²) in [5.41, 5.74) is 5.32. The number of amides is 1. The highest BCUT2D eigenvalue weighted by Gasteiger charge is 2.37. The standard InChI is InChI=1S/C23H33N4O6P/c1-6-13(2)9-10-27-20(23(3,4)5)19(29)18(22(27)30)21-25-15-8-7-14(33-12-17(24)28)11-16(15)34(31,32)26-21/h7-8,11,13,29-30H,6,9-10,12H2,1-5H3,(H2,24,28)(H2,25,26,31,32). The summed E-state index contributed by atoms with van der Waals surface area (Å²) in [7, 11) is -4.30. The summed E-state index contributed by atoms with van der Waals surface area (Å²) in [6.45, 7) is 10.1. The van der Waals surface area contributed by atoms with E-state index in [4.69, 9.17) is 10.5 Å². The summed E-state index contributed by atoms with van der Waals surface area (Å²) >= 11 is 0. The van der Waals surface area contributed by atoms with Crippen LogP contribution in [0.1, 0.15) is 58.7 Å². The maximum atomic E-state index is 13.1. The highest BCUT2D eigenvalue weighted by Crippen LogP contribution is 2.50. The van der Waals surface area contributed by atoms with Crippen LogP contribution < -0.4 is 21.1 Å². The van der Waals surface area contributed by atoms with Gasteiger partial charge in [-0.3, -0.25) is 9.36 Å². The van der Waals surface area contributed by atoms with Gasteiger partial charge < -0.3 is 35.5 Å². The second-order valence-electron chi connectivity index (χ2n) is 9.65. The van der Waals surface area contributed by atoms with Gasteiger partial charge in [0, 0.05) is 12.0 Å². The molecule has 186 valence electrons. The van der Waals surface area contributed by atoms with Crippen LogP contribution in [0.4, 0.5) is 5.69 Å². The third-order valence-electron chi connectivity index (χ3n) is 5.85. The van der Waals surface area contributed by atoms with Gasteiger partial charge in [0.05, 0.1) is 16.7 Å². The molecular formula is C23H33N4O6P. The maximum absolute atomic E-state index is 13.1. The van der Waals surface area contributed by atoms with E-state index in [-0.39, 0.29) is 46.4 Å². The number of benzene rings is 1. The van der Waals surface area contributed by atoms with Crippen molar-refractivity contribution < 1.29 is 29.2 Å². The number of carbonyl (C=O) groups excluding carboxylic acids is 1. The summed E-state index contributed by atoms with van der Waals surface area (Å²) in [6, 6.07) is 4.32. The molecule has 2 aromatic rings. The van der Waals surface area contributed by atoms with E-state index in [0.29, 0.717) is 18.2 Å². The Morgan fingerprint density at radius 3 is 2.59 bits per heavy atom. The molecule has 2 unspecified atom stereocenters. The Balaban J connectivity index is 2.07. The lowest BCUT2D eigenvalue weighted by atomic mass is 9.90. The van der Waals surface area contributed by atoms with Gasteiger partial charge in [0.1, 0.15) is 11.3 Å². The number of rotatable bonds is 8. The highest BCUT2D eigenvalue weighted by atomic mass is 31.2. The number of hydrogen-bond acceptors (Lipinski definition) is 6. The van der Waals surface area contributed by atoms with Crippen LogP contribution in [0.25, 0.3) is 0 Å². The zero-order valence-electron chi connectivity index (χ0n) is 20.1. The van der Waals surface area contributed by atoms with Gasteiger partial charge in [0.2, 0.25) is 5.88 Å². The summed E-state index contributed by atoms with van der Waals surface area (Å²) in [5.74, 6) is -0.592. The summed E-state index contributed by atoms with van der Waals surface area (Å²) in [5, 5.41) is 25.2. The molecule has 2 heterocycles. The van der Waals surface area contributed by atoms with Gasteiger partial charge in [0.25, 0.3) is 5.91 Å². The molecule has 1 aromatic heterocycles. The lowest BCUT2D eigenvalue weighted by molar-refractivity contribution is -0.119. The van der Waals surface area contributed by atoms with Crippen LogP contribution in [0, 0.1) is 5.92 Å². The first-order valence-electron chi connectivity index (χ1n) is 11.2. The molecule has 2 atom stereocenters. The molecule has 1 aliphatic heterocycles. The van der Waals surface area contributed by atoms with E-state index in [9.17, 15) is 24.5 Å². The number of nitrogens with two attached hydrogens (primary N) is 1. The first-order valence-corrected chi connectivity index (χ1v) is 12.8. The second-order valence-corrected chi connectivity index (χ2v) is 11.4. The predicted octanol–water partition coefficient (Wildman–Crippen LogP) is 3.18. The third-order valence-corrected chi connectivity index (χ3v) is 7.32. The number of aromatic nitrogens is 1. The number of anilines is 1. The number of nitrogens with one attached hydrogen (secondary N) is 1. The van der Waals surface area contributed by atoms with E-state index in [1.165, 1.54) is 18.2 Å². The number of nitrogens with zero attached hydrogens (tertiary/aromatic N) is 2. The SMILES string of the molecule is CCC(C)CCn1c(O)c(C2=NP(=O)(O)c3cc(OCC(N)=O)ccc3N2)c(O)c1C(C)(C)C. The fourth-order valence-corrected chi connectivity index (χ4v) is 5.17. The molecule has 0 fully saturated rings. The van der Waals surface area contributed by atoms with E-state index in [1.807, 2.05) is 20.8 Å². The van der Waals surface area contributed by atoms with E-state index >= 15 is 0 Å². The Kier molecular flexibility index (Phi) is 7.05. The van der Waals surface area contributed by atoms with E-state index in [2.05, 4.69) is 23.9 Å². The van der Waals surface area contributed by atoms with Crippen molar-refractivity contribution in [3.8, 4) is 17.4 Å². The third kappa shape index (κ3) is 5.08. The number of amidine groups is 1. The lowest BCUT2D eigenvalue weighted by Gasteiger charge is -2.23. The molecule has 0 radical (unpaired) electrons. The molecule has 0 bridgehead atoms. The predicted molar refractivity (Wildman–Crippen MR) is 131 cm³/mol. The minimum atomic E-state index is -4.30. The average molecular weight is 493 g/mol. The minimum Gasteiger partial charge on any atom is -0.505 e. The van der Waals surface area contributed by atoms with Crippen LogP contribution in [0.2, 0.25) is 0 Å². The molecule has 34 heavy (non-hydrogen) atoms. The lowest BCUT2D eigenvalue weighted by Crippen LogP contribution is -2.25. The fraction of sp³-hybridized carbons (Fsp3) is 0.478. The minimum absolute atomic E-state index is 0.0237. The van der Waals surface area contributed by atoms with Crippen molar-refractivity contribution in [1.29, 1.82) is 0 Å². The molecule has 3 rings (SSSR count). The molecule has 1 aliphatic rings. The number of hydrogen-bond donors (Lipinski definition) is 5. The van der Waals surface area contributed by atoms with Crippen molar-refractivity contribution in [2.24, 2.45) is 16.4 Å². The van der Waals surface area contributed by atoms with Gasteiger partial charge in [0.15, 0.2) is 18.2 Å². The number of fused-ring (bicyclic) bond motifs is 1. The molecule has 0 saturated heterocycles. The first kappa shape index (κ1) is 25.6. The first-order chi connectivity index (χ1) is 15.8. The van der Waals surface area contributed by atoms with Crippen LogP contribution >= 0.6 is 7.52 Å². The molecular weight excluding hydrogens is 459 g/mol. The molecule has 0 spiro atoms. The summed E-state index contributed by atoms with van der Waals surface area (Å²) in [4.78, 5) is 21.7. The highest BCUT2D eigenvalue weighted by molar-refractivity contribution is 7.65. The largest absolute Gasteiger partial charge is 0.505 e. The number of carbonyl (C=O) groups is 1. The van der Waals surface area contributed by atoms with Crippen molar-refractivity contribution in [2.75, 3.05) is 11.9 Å². The zero-order valence-corrected chi connectivity index (χ0v) is 21.0.